The molecule has 8 heteroatoms. The number of nitrogens with two attached hydrogens (primary N) is 1. The van der Waals surface area contributed by atoms with Crippen molar-refractivity contribution in [2.24, 2.45) is 5.14 Å². The van der Waals surface area contributed by atoms with Gasteiger partial charge in [-0.15, -0.1) is 0 Å². The van der Waals surface area contributed by atoms with E-state index in [0.717, 1.165) is 11.1 Å². The van der Waals surface area contributed by atoms with Crippen LogP contribution < -0.4 is 5.14 Å². The Morgan fingerprint density at radius 2 is 1.68 bits per heavy atom. The highest BCUT2D eigenvalue weighted by Gasteiger charge is 2.20. The van der Waals surface area contributed by atoms with Gasteiger partial charge in [-0.05, 0) is 42.5 Å². The van der Waals surface area contributed by atoms with Gasteiger partial charge in [-0.3, -0.25) is 4.98 Å². The van der Waals surface area contributed by atoms with Crippen molar-refractivity contribution < 1.29 is 8.42 Å². The molecule has 0 amide bonds. The third kappa shape index (κ3) is 3.55. The Bertz CT molecular complexity index is 1240. The summed E-state index contributed by atoms with van der Waals surface area (Å²) in [6.07, 6.45) is 3.36. The highest BCUT2D eigenvalue weighted by atomic mass is 35.5. The second-order valence-corrected chi connectivity index (χ2v) is 8.05. The maximum absolute atomic E-state index is 12.1. The van der Waals surface area contributed by atoms with Crippen LogP contribution in [0.15, 0.2) is 84.0 Å². The number of nitrogens with zero attached hydrogens (tertiary/aromatic N) is 3. The Morgan fingerprint density at radius 1 is 0.929 bits per heavy atom. The van der Waals surface area contributed by atoms with Crippen LogP contribution in [-0.4, -0.2) is 23.2 Å². The number of halogens is 1. The first-order valence-corrected chi connectivity index (χ1v) is 10.2. The molecule has 0 saturated heterocycles. The second kappa shape index (κ2) is 7.20. The van der Waals surface area contributed by atoms with Crippen molar-refractivity contribution in [2.45, 2.75) is 4.90 Å². The van der Waals surface area contributed by atoms with Crippen molar-refractivity contribution in [3.8, 4) is 28.2 Å². The van der Waals surface area contributed by atoms with Gasteiger partial charge in [-0.2, -0.15) is 5.10 Å². The summed E-state index contributed by atoms with van der Waals surface area (Å²) in [5.74, 6) is 0. The van der Waals surface area contributed by atoms with Crippen LogP contribution in [0.4, 0.5) is 0 Å². The molecule has 0 spiro atoms. The van der Waals surface area contributed by atoms with E-state index in [1.165, 1.54) is 6.07 Å². The minimum absolute atomic E-state index is 0.00843. The molecule has 4 aromatic rings. The molecule has 140 valence electrons. The standard InChI is InChI=1S/C20H15ClN4O2S/c21-16-9-7-14(8-10-16)17-12-19(15-4-3-11-23-13-15)25(24-17)18-5-1-2-6-20(18)28(22,26)27/h1-13H,(H2,22,26,27). The summed E-state index contributed by atoms with van der Waals surface area (Å²) in [5, 5.41) is 10.7. The van der Waals surface area contributed by atoms with Gasteiger partial charge >= 0.3 is 0 Å². The van der Waals surface area contributed by atoms with E-state index in [-0.39, 0.29) is 4.90 Å². The van der Waals surface area contributed by atoms with Crippen LogP contribution >= 0.6 is 11.6 Å². The van der Waals surface area contributed by atoms with Crippen molar-refractivity contribution in [3.05, 3.63) is 84.1 Å². The topological polar surface area (TPSA) is 90.9 Å². The van der Waals surface area contributed by atoms with E-state index < -0.39 is 10.0 Å². The third-order valence-corrected chi connectivity index (χ3v) is 5.42. The van der Waals surface area contributed by atoms with Gasteiger partial charge < -0.3 is 0 Å². The quantitative estimate of drug-likeness (QED) is 0.552. The zero-order valence-electron chi connectivity index (χ0n) is 14.5. The molecule has 0 fully saturated rings. The zero-order chi connectivity index (χ0) is 19.7. The minimum atomic E-state index is -3.94. The highest BCUT2D eigenvalue weighted by Crippen LogP contribution is 2.30. The third-order valence-electron chi connectivity index (χ3n) is 4.21. The first-order valence-electron chi connectivity index (χ1n) is 8.32. The fourth-order valence-corrected chi connectivity index (χ4v) is 3.76. The van der Waals surface area contributed by atoms with Crippen LogP contribution in [0.1, 0.15) is 0 Å². The molecule has 0 aliphatic rings. The second-order valence-electron chi connectivity index (χ2n) is 6.09. The number of rotatable bonds is 4. The van der Waals surface area contributed by atoms with Crippen molar-refractivity contribution in [1.29, 1.82) is 0 Å². The lowest BCUT2D eigenvalue weighted by atomic mass is 10.1. The smallest absolute Gasteiger partial charge is 0.240 e. The lowest BCUT2D eigenvalue weighted by Gasteiger charge is -2.11. The number of aromatic nitrogens is 3. The van der Waals surface area contributed by atoms with Crippen molar-refractivity contribution >= 4 is 21.6 Å². The number of benzene rings is 2. The summed E-state index contributed by atoms with van der Waals surface area (Å²) in [7, 11) is -3.94. The van der Waals surface area contributed by atoms with Gasteiger partial charge in [0.15, 0.2) is 0 Å². The molecule has 28 heavy (non-hydrogen) atoms. The molecule has 0 unspecified atom stereocenters. The van der Waals surface area contributed by atoms with Gasteiger partial charge in [0.1, 0.15) is 4.90 Å². The van der Waals surface area contributed by atoms with Gasteiger partial charge in [0.05, 0.1) is 17.1 Å². The average molecular weight is 411 g/mol. The number of hydrogen-bond acceptors (Lipinski definition) is 4. The Hall–Kier alpha value is -3.00. The first kappa shape index (κ1) is 18.4. The fourth-order valence-electron chi connectivity index (χ4n) is 2.92. The average Bonchev–Trinajstić information content (AvgIpc) is 3.14. The van der Waals surface area contributed by atoms with Crippen molar-refractivity contribution in [2.75, 3.05) is 0 Å². The SMILES string of the molecule is NS(=O)(=O)c1ccccc1-n1nc(-c2ccc(Cl)cc2)cc1-c1cccnc1. The monoisotopic (exact) mass is 410 g/mol. The molecular weight excluding hydrogens is 396 g/mol. The maximum atomic E-state index is 12.1. The van der Waals surface area contributed by atoms with Gasteiger partial charge in [0, 0.05) is 28.5 Å². The number of para-hydroxylation sites is 1. The maximum Gasteiger partial charge on any atom is 0.240 e. The van der Waals surface area contributed by atoms with E-state index in [0.29, 0.717) is 22.1 Å². The lowest BCUT2D eigenvalue weighted by Crippen LogP contribution is -2.16. The van der Waals surface area contributed by atoms with Crippen LogP contribution in [0.25, 0.3) is 28.2 Å². The number of primary sulfonamides is 1. The van der Waals surface area contributed by atoms with Crippen molar-refractivity contribution in [3.63, 3.8) is 0 Å². The van der Waals surface area contributed by atoms with E-state index in [1.807, 2.05) is 24.3 Å². The molecule has 0 aliphatic carbocycles. The molecule has 0 saturated carbocycles. The normalized spacial score (nSPS) is 11.5. The molecule has 0 aliphatic heterocycles. The van der Waals surface area contributed by atoms with Gasteiger partial charge in [-0.25, -0.2) is 18.2 Å². The number of hydrogen-bond donors (Lipinski definition) is 1. The fraction of sp³-hybridized carbons (Fsp3) is 0. The predicted molar refractivity (Wildman–Crippen MR) is 109 cm³/mol. The van der Waals surface area contributed by atoms with E-state index in [2.05, 4.69) is 10.1 Å². The van der Waals surface area contributed by atoms with Crippen LogP contribution in [0.3, 0.4) is 0 Å². The van der Waals surface area contributed by atoms with Gasteiger partial charge in [0.25, 0.3) is 0 Å². The molecule has 6 nitrogen and oxygen atoms in total. The Kier molecular flexibility index (Phi) is 4.72. The van der Waals surface area contributed by atoms with E-state index >= 15 is 0 Å². The van der Waals surface area contributed by atoms with Crippen LogP contribution in [-0.2, 0) is 10.0 Å². The van der Waals surface area contributed by atoms with Crippen LogP contribution in [0.5, 0.6) is 0 Å². The highest BCUT2D eigenvalue weighted by molar-refractivity contribution is 7.89. The lowest BCUT2D eigenvalue weighted by molar-refractivity contribution is 0.596. The molecule has 2 N–H and O–H groups in total. The summed E-state index contributed by atoms with van der Waals surface area (Å²) in [6, 6.07) is 19.3. The molecule has 2 aromatic heterocycles. The largest absolute Gasteiger partial charge is 0.264 e. The molecule has 0 radical (unpaired) electrons. The molecular formula is C20H15ClN4O2S. The molecule has 2 aromatic carbocycles. The Balaban J connectivity index is 1.98. The van der Waals surface area contributed by atoms with Gasteiger partial charge in [-0.1, -0.05) is 35.9 Å². The number of sulfonamides is 1. The summed E-state index contributed by atoms with van der Waals surface area (Å²) < 4.78 is 25.8. The minimum Gasteiger partial charge on any atom is -0.264 e. The Morgan fingerprint density at radius 3 is 2.36 bits per heavy atom. The van der Waals surface area contributed by atoms with Crippen LogP contribution in [0, 0.1) is 0 Å². The summed E-state index contributed by atoms with van der Waals surface area (Å²) in [4.78, 5) is 4.15. The summed E-state index contributed by atoms with van der Waals surface area (Å²) in [5.41, 5.74) is 3.36. The van der Waals surface area contributed by atoms with Gasteiger partial charge in [0.2, 0.25) is 10.0 Å². The molecule has 0 bridgehead atoms. The van der Waals surface area contributed by atoms with Crippen molar-refractivity contribution in [1.82, 2.24) is 14.8 Å². The summed E-state index contributed by atoms with van der Waals surface area (Å²) >= 11 is 5.98. The zero-order valence-corrected chi connectivity index (χ0v) is 16.1. The number of pyridine rings is 1. The van der Waals surface area contributed by atoms with E-state index in [4.69, 9.17) is 16.7 Å². The van der Waals surface area contributed by atoms with Crippen LogP contribution in [0.2, 0.25) is 5.02 Å². The molecule has 0 atom stereocenters. The predicted octanol–water partition coefficient (Wildman–Crippen LogP) is 3.90. The first-order chi connectivity index (χ1) is 13.4. The van der Waals surface area contributed by atoms with E-state index in [9.17, 15) is 8.42 Å². The molecule has 4 rings (SSSR count). The Labute approximate surface area is 167 Å². The van der Waals surface area contributed by atoms with E-state index in [1.54, 1.807) is 53.5 Å². The summed E-state index contributed by atoms with van der Waals surface area (Å²) in [6.45, 7) is 0. The molecule has 2 heterocycles.